The largest absolute Gasteiger partial charge is 0.360 e. The summed E-state index contributed by atoms with van der Waals surface area (Å²) in [4.78, 5) is 7.93. The summed E-state index contributed by atoms with van der Waals surface area (Å²) in [5.74, 6) is 0. The molecule has 2 N–H and O–H groups in total. The molecule has 0 unspecified atom stereocenters. The van der Waals surface area contributed by atoms with E-state index in [1.165, 1.54) is 19.2 Å². The van der Waals surface area contributed by atoms with Crippen LogP contribution in [-0.2, 0) is 6.54 Å². The average Bonchev–Trinajstić information content (AvgIpc) is 3.00. The van der Waals surface area contributed by atoms with Gasteiger partial charge in [-0.2, -0.15) is 0 Å². The molecule has 0 atom stereocenters. The third-order valence-corrected chi connectivity index (χ3v) is 2.25. The van der Waals surface area contributed by atoms with E-state index in [1.807, 2.05) is 6.07 Å². The standard InChI is InChI=1S/C9H12N4S/c14-9(13-7-1-2-7)11-5-8-3-4-10-6-12-8/h3-4,6-7H,1-2,5H2,(H2,11,13,14). The van der Waals surface area contributed by atoms with E-state index in [-0.39, 0.29) is 0 Å². The lowest BCUT2D eigenvalue weighted by molar-refractivity contribution is 0.808. The molecule has 1 aromatic heterocycles. The van der Waals surface area contributed by atoms with E-state index in [0.717, 1.165) is 5.69 Å². The molecule has 1 aliphatic rings. The highest BCUT2D eigenvalue weighted by Crippen LogP contribution is 2.18. The molecule has 1 aliphatic carbocycles. The quantitative estimate of drug-likeness (QED) is 0.713. The normalized spacial score (nSPS) is 14.9. The Morgan fingerprint density at radius 2 is 2.43 bits per heavy atom. The van der Waals surface area contributed by atoms with Crippen LogP contribution in [0.5, 0.6) is 0 Å². The van der Waals surface area contributed by atoms with Crippen LogP contribution in [-0.4, -0.2) is 21.1 Å². The molecule has 0 aromatic carbocycles. The molecular weight excluding hydrogens is 196 g/mol. The second-order valence-electron chi connectivity index (χ2n) is 3.30. The summed E-state index contributed by atoms with van der Waals surface area (Å²) in [5.41, 5.74) is 0.944. The molecule has 2 rings (SSSR count). The van der Waals surface area contributed by atoms with Crippen LogP contribution in [0.1, 0.15) is 18.5 Å². The Morgan fingerprint density at radius 3 is 3.07 bits per heavy atom. The highest BCUT2D eigenvalue weighted by atomic mass is 32.1. The second-order valence-corrected chi connectivity index (χ2v) is 3.71. The second kappa shape index (κ2) is 4.32. The molecule has 0 bridgehead atoms. The van der Waals surface area contributed by atoms with Gasteiger partial charge in [-0.3, -0.25) is 0 Å². The van der Waals surface area contributed by atoms with Gasteiger partial charge >= 0.3 is 0 Å². The number of thiocarbonyl (C=S) groups is 1. The molecule has 0 aliphatic heterocycles. The highest BCUT2D eigenvalue weighted by Gasteiger charge is 2.21. The summed E-state index contributed by atoms with van der Waals surface area (Å²) in [7, 11) is 0. The molecule has 14 heavy (non-hydrogen) atoms. The summed E-state index contributed by atoms with van der Waals surface area (Å²) in [5, 5.41) is 7.02. The van der Waals surface area contributed by atoms with Crippen LogP contribution in [0.3, 0.4) is 0 Å². The summed E-state index contributed by atoms with van der Waals surface area (Å²) in [6.07, 6.45) is 5.72. The van der Waals surface area contributed by atoms with Crippen molar-refractivity contribution >= 4 is 17.3 Å². The first-order chi connectivity index (χ1) is 6.84. The minimum atomic E-state index is 0.598. The zero-order valence-corrected chi connectivity index (χ0v) is 8.55. The van der Waals surface area contributed by atoms with Gasteiger partial charge in [0.05, 0.1) is 12.2 Å². The Balaban J connectivity index is 1.73. The molecule has 1 heterocycles. The average molecular weight is 208 g/mol. The maximum absolute atomic E-state index is 5.10. The molecule has 1 fully saturated rings. The van der Waals surface area contributed by atoms with Gasteiger partial charge in [-0.25, -0.2) is 9.97 Å². The molecule has 4 nitrogen and oxygen atoms in total. The Kier molecular flexibility index (Phi) is 2.88. The van der Waals surface area contributed by atoms with Crippen molar-refractivity contribution < 1.29 is 0 Å². The molecule has 0 amide bonds. The van der Waals surface area contributed by atoms with Crippen molar-refractivity contribution in [2.45, 2.75) is 25.4 Å². The van der Waals surface area contributed by atoms with Gasteiger partial charge in [0.25, 0.3) is 0 Å². The lowest BCUT2D eigenvalue weighted by Crippen LogP contribution is -2.36. The first-order valence-corrected chi connectivity index (χ1v) is 5.04. The van der Waals surface area contributed by atoms with Gasteiger partial charge in [-0.15, -0.1) is 0 Å². The first kappa shape index (κ1) is 9.33. The highest BCUT2D eigenvalue weighted by molar-refractivity contribution is 7.80. The Bertz CT molecular complexity index is 310. The minimum Gasteiger partial charge on any atom is -0.360 e. The Morgan fingerprint density at radius 1 is 1.57 bits per heavy atom. The Labute approximate surface area is 88.1 Å². The fourth-order valence-electron chi connectivity index (χ4n) is 1.06. The maximum Gasteiger partial charge on any atom is 0.166 e. The molecule has 0 saturated heterocycles. The number of rotatable bonds is 3. The number of hydrogen-bond donors (Lipinski definition) is 2. The monoisotopic (exact) mass is 208 g/mol. The van der Waals surface area contributed by atoms with Crippen LogP contribution in [0, 0.1) is 0 Å². The summed E-state index contributed by atoms with van der Waals surface area (Å²) in [6, 6.07) is 2.47. The zero-order valence-electron chi connectivity index (χ0n) is 7.73. The lowest BCUT2D eigenvalue weighted by Gasteiger charge is -2.08. The van der Waals surface area contributed by atoms with Crippen molar-refractivity contribution in [3.8, 4) is 0 Å². The molecule has 74 valence electrons. The van der Waals surface area contributed by atoms with Gasteiger partial charge in [0.15, 0.2) is 5.11 Å². The predicted molar refractivity (Wildman–Crippen MR) is 57.6 cm³/mol. The molecule has 1 aromatic rings. The van der Waals surface area contributed by atoms with E-state index >= 15 is 0 Å². The SMILES string of the molecule is S=C(NCc1ccncn1)NC1CC1. The van der Waals surface area contributed by atoms with Gasteiger partial charge in [-0.05, 0) is 31.1 Å². The number of nitrogens with zero attached hydrogens (tertiary/aromatic N) is 2. The number of hydrogen-bond acceptors (Lipinski definition) is 3. The fourth-order valence-corrected chi connectivity index (χ4v) is 1.30. The fraction of sp³-hybridized carbons (Fsp3) is 0.444. The predicted octanol–water partition coefficient (Wildman–Crippen LogP) is 0.603. The molecular formula is C9H12N4S. The summed E-state index contributed by atoms with van der Waals surface area (Å²) >= 11 is 5.10. The van der Waals surface area contributed by atoms with Crippen LogP contribution >= 0.6 is 12.2 Å². The third-order valence-electron chi connectivity index (χ3n) is 1.99. The van der Waals surface area contributed by atoms with Crippen LogP contribution in [0.25, 0.3) is 0 Å². The van der Waals surface area contributed by atoms with Crippen molar-refractivity contribution in [2.24, 2.45) is 0 Å². The van der Waals surface area contributed by atoms with Gasteiger partial charge < -0.3 is 10.6 Å². The van der Waals surface area contributed by atoms with Gasteiger partial charge in [-0.1, -0.05) is 0 Å². The van der Waals surface area contributed by atoms with Gasteiger partial charge in [0.1, 0.15) is 6.33 Å². The topological polar surface area (TPSA) is 49.8 Å². The number of aromatic nitrogens is 2. The van der Waals surface area contributed by atoms with Crippen LogP contribution < -0.4 is 10.6 Å². The van der Waals surface area contributed by atoms with Gasteiger partial charge in [0.2, 0.25) is 0 Å². The molecule has 5 heteroatoms. The van der Waals surface area contributed by atoms with Crippen LogP contribution in [0.15, 0.2) is 18.6 Å². The molecule has 0 radical (unpaired) electrons. The van der Waals surface area contributed by atoms with Crippen molar-refractivity contribution in [3.63, 3.8) is 0 Å². The lowest BCUT2D eigenvalue weighted by atomic mass is 10.4. The smallest absolute Gasteiger partial charge is 0.166 e. The van der Waals surface area contributed by atoms with Crippen molar-refractivity contribution in [2.75, 3.05) is 0 Å². The van der Waals surface area contributed by atoms with Crippen LogP contribution in [0.4, 0.5) is 0 Å². The van der Waals surface area contributed by atoms with E-state index in [4.69, 9.17) is 12.2 Å². The van der Waals surface area contributed by atoms with Gasteiger partial charge in [0, 0.05) is 12.2 Å². The van der Waals surface area contributed by atoms with E-state index in [0.29, 0.717) is 17.7 Å². The minimum absolute atomic E-state index is 0.598. The van der Waals surface area contributed by atoms with Crippen molar-refractivity contribution in [3.05, 3.63) is 24.3 Å². The van der Waals surface area contributed by atoms with Crippen LogP contribution in [0.2, 0.25) is 0 Å². The summed E-state index contributed by atoms with van der Waals surface area (Å²) in [6.45, 7) is 0.654. The molecule has 1 saturated carbocycles. The molecule has 0 spiro atoms. The van der Waals surface area contributed by atoms with Crippen molar-refractivity contribution in [1.29, 1.82) is 0 Å². The van der Waals surface area contributed by atoms with E-state index in [1.54, 1.807) is 6.20 Å². The first-order valence-electron chi connectivity index (χ1n) is 4.64. The van der Waals surface area contributed by atoms with Crippen molar-refractivity contribution in [1.82, 2.24) is 20.6 Å². The zero-order chi connectivity index (χ0) is 9.80. The third kappa shape index (κ3) is 2.92. The Hall–Kier alpha value is -1.23. The van der Waals surface area contributed by atoms with E-state index in [2.05, 4.69) is 20.6 Å². The number of nitrogens with one attached hydrogen (secondary N) is 2. The van der Waals surface area contributed by atoms with E-state index < -0.39 is 0 Å². The van der Waals surface area contributed by atoms with E-state index in [9.17, 15) is 0 Å². The maximum atomic E-state index is 5.10. The summed E-state index contributed by atoms with van der Waals surface area (Å²) < 4.78 is 0.